The number of nitrogens with one attached hydrogen (secondary N) is 2. The smallest absolute Gasteiger partial charge is 0.336 e. The number of amides is 2. The summed E-state index contributed by atoms with van der Waals surface area (Å²) in [6, 6.07) is 13.3. The SMILES string of the molecule is CCNC(=O)c1cc(C(=O)Nc2cccc(S(=O)(=O)c3cccc(C)c3)c2)c(C(=O)O)cc1C(=O)O. The molecule has 186 valence electrons. The van der Waals surface area contributed by atoms with E-state index in [2.05, 4.69) is 10.6 Å². The Labute approximate surface area is 206 Å². The summed E-state index contributed by atoms with van der Waals surface area (Å²) in [5.74, 6) is -4.90. The molecule has 0 heterocycles. The number of carboxylic acid groups (broad SMARTS) is 2. The van der Waals surface area contributed by atoms with Crippen LogP contribution in [0.5, 0.6) is 0 Å². The van der Waals surface area contributed by atoms with Crippen LogP contribution in [0, 0.1) is 6.92 Å². The Morgan fingerprint density at radius 1 is 0.750 bits per heavy atom. The number of aryl methyl sites for hydroxylation is 1. The topological polar surface area (TPSA) is 167 Å². The maximum absolute atomic E-state index is 13.0. The highest BCUT2D eigenvalue weighted by Gasteiger charge is 2.26. The first-order chi connectivity index (χ1) is 16.9. The van der Waals surface area contributed by atoms with Crippen LogP contribution in [0.2, 0.25) is 0 Å². The Morgan fingerprint density at radius 3 is 1.83 bits per heavy atom. The van der Waals surface area contributed by atoms with Gasteiger partial charge in [-0.25, -0.2) is 18.0 Å². The van der Waals surface area contributed by atoms with Crippen LogP contribution in [0.25, 0.3) is 0 Å². The molecule has 11 heteroatoms. The lowest BCUT2D eigenvalue weighted by Gasteiger charge is -2.13. The number of sulfone groups is 1. The number of rotatable bonds is 8. The van der Waals surface area contributed by atoms with Gasteiger partial charge in [-0.1, -0.05) is 18.2 Å². The van der Waals surface area contributed by atoms with Gasteiger partial charge in [0.05, 0.1) is 32.0 Å². The maximum atomic E-state index is 13.0. The molecule has 3 rings (SSSR count). The van der Waals surface area contributed by atoms with Gasteiger partial charge in [-0.05, 0) is 61.9 Å². The lowest BCUT2D eigenvalue weighted by Crippen LogP contribution is -2.27. The number of carbonyl (C=O) groups is 4. The molecule has 10 nitrogen and oxygen atoms in total. The first kappa shape index (κ1) is 26.1. The molecule has 0 bridgehead atoms. The third-order valence-electron chi connectivity index (χ3n) is 5.15. The molecule has 0 spiro atoms. The summed E-state index contributed by atoms with van der Waals surface area (Å²) >= 11 is 0. The van der Waals surface area contributed by atoms with Crippen molar-refractivity contribution in [3.8, 4) is 0 Å². The fourth-order valence-electron chi connectivity index (χ4n) is 3.44. The summed E-state index contributed by atoms with van der Waals surface area (Å²) < 4.78 is 26.1. The van der Waals surface area contributed by atoms with Crippen molar-refractivity contribution < 1.29 is 37.8 Å². The zero-order chi connectivity index (χ0) is 26.6. The summed E-state index contributed by atoms with van der Waals surface area (Å²) in [5, 5.41) is 23.9. The molecular formula is C25H22N2O8S. The van der Waals surface area contributed by atoms with Gasteiger partial charge < -0.3 is 20.8 Å². The van der Waals surface area contributed by atoms with Crippen molar-refractivity contribution in [2.45, 2.75) is 23.6 Å². The molecule has 0 aliphatic rings. The maximum Gasteiger partial charge on any atom is 0.336 e. The van der Waals surface area contributed by atoms with Gasteiger partial charge in [0.25, 0.3) is 11.8 Å². The van der Waals surface area contributed by atoms with Crippen LogP contribution in [0.1, 0.15) is 53.9 Å². The van der Waals surface area contributed by atoms with Crippen molar-refractivity contribution in [2.75, 3.05) is 11.9 Å². The molecule has 0 aromatic heterocycles. The van der Waals surface area contributed by atoms with Gasteiger partial charge in [0, 0.05) is 12.2 Å². The third kappa shape index (κ3) is 5.41. The quantitative estimate of drug-likeness (QED) is 0.358. The van der Waals surface area contributed by atoms with Crippen molar-refractivity contribution in [1.82, 2.24) is 5.32 Å². The predicted molar refractivity (Wildman–Crippen MR) is 129 cm³/mol. The number of carbonyl (C=O) groups excluding carboxylic acids is 2. The Morgan fingerprint density at radius 2 is 1.28 bits per heavy atom. The van der Waals surface area contributed by atoms with Crippen LogP contribution < -0.4 is 10.6 Å². The highest BCUT2D eigenvalue weighted by Crippen LogP contribution is 2.25. The summed E-state index contributed by atoms with van der Waals surface area (Å²) in [7, 11) is -3.91. The standard InChI is InChI=1S/C25H22N2O8S/c1-3-26-22(28)18-12-19(21(25(32)33)13-20(18)24(30)31)23(29)27-15-7-5-9-17(11-15)36(34,35)16-8-4-6-14(2)10-16/h4-13H,3H2,1-2H3,(H,26,28)(H,27,29)(H,30,31)(H,32,33). The van der Waals surface area contributed by atoms with Gasteiger partial charge in [0.15, 0.2) is 0 Å². The van der Waals surface area contributed by atoms with Crippen LogP contribution in [0.15, 0.2) is 70.5 Å². The highest BCUT2D eigenvalue weighted by molar-refractivity contribution is 7.91. The van der Waals surface area contributed by atoms with Gasteiger partial charge in [-0.3, -0.25) is 9.59 Å². The largest absolute Gasteiger partial charge is 0.478 e. The Bertz CT molecular complexity index is 1500. The second-order valence-electron chi connectivity index (χ2n) is 7.72. The van der Waals surface area contributed by atoms with E-state index in [1.165, 1.54) is 36.4 Å². The van der Waals surface area contributed by atoms with Crippen LogP contribution in [0.3, 0.4) is 0 Å². The van der Waals surface area contributed by atoms with E-state index in [1.807, 2.05) is 0 Å². The lowest BCUT2D eigenvalue weighted by molar-refractivity contribution is 0.0688. The lowest BCUT2D eigenvalue weighted by atomic mass is 9.97. The molecule has 4 N–H and O–H groups in total. The molecule has 0 unspecified atom stereocenters. The van der Waals surface area contributed by atoms with Gasteiger partial charge in [0.1, 0.15) is 0 Å². The number of aromatic carboxylic acids is 2. The van der Waals surface area contributed by atoms with Gasteiger partial charge in [-0.15, -0.1) is 0 Å². The zero-order valence-electron chi connectivity index (χ0n) is 19.2. The molecule has 3 aromatic carbocycles. The third-order valence-corrected chi connectivity index (χ3v) is 6.90. The van der Waals surface area contributed by atoms with E-state index in [4.69, 9.17) is 0 Å². The van der Waals surface area contributed by atoms with E-state index in [0.29, 0.717) is 0 Å². The minimum absolute atomic E-state index is 0.0481. The number of benzene rings is 3. The Balaban J connectivity index is 2.03. The second kappa shape index (κ2) is 10.4. The summed E-state index contributed by atoms with van der Waals surface area (Å²) in [4.78, 5) is 48.8. The first-order valence-electron chi connectivity index (χ1n) is 10.6. The van der Waals surface area contributed by atoms with E-state index >= 15 is 0 Å². The van der Waals surface area contributed by atoms with E-state index in [1.54, 1.807) is 26.0 Å². The summed E-state index contributed by atoms with van der Waals surface area (Å²) in [6.07, 6.45) is 0. The Kier molecular flexibility index (Phi) is 7.54. The predicted octanol–water partition coefficient (Wildman–Crippen LogP) is 3.23. The molecule has 0 saturated heterocycles. The van der Waals surface area contributed by atoms with Gasteiger partial charge in [-0.2, -0.15) is 0 Å². The second-order valence-corrected chi connectivity index (χ2v) is 9.66. The molecule has 3 aromatic rings. The van der Waals surface area contributed by atoms with Crippen molar-refractivity contribution in [1.29, 1.82) is 0 Å². The molecular weight excluding hydrogens is 488 g/mol. The number of hydrogen-bond acceptors (Lipinski definition) is 6. The highest BCUT2D eigenvalue weighted by atomic mass is 32.2. The van der Waals surface area contributed by atoms with Crippen molar-refractivity contribution in [3.05, 3.63) is 88.5 Å². The number of hydrogen-bond donors (Lipinski definition) is 4. The molecule has 0 fully saturated rings. The fraction of sp³-hybridized carbons (Fsp3) is 0.120. The van der Waals surface area contributed by atoms with Crippen LogP contribution in [0.4, 0.5) is 5.69 Å². The van der Waals surface area contributed by atoms with E-state index in [-0.39, 0.29) is 22.0 Å². The van der Waals surface area contributed by atoms with Crippen LogP contribution in [-0.4, -0.2) is 48.9 Å². The average molecular weight is 511 g/mol. The molecule has 2 amide bonds. The molecule has 0 saturated carbocycles. The van der Waals surface area contributed by atoms with Crippen molar-refractivity contribution >= 4 is 39.3 Å². The minimum atomic E-state index is -3.91. The van der Waals surface area contributed by atoms with Crippen molar-refractivity contribution in [3.63, 3.8) is 0 Å². The summed E-state index contributed by atoms with van der Waals surface area (Å²) in [5.41, 5.74) is -1.29. The van der Waals surface area contributed by atoms with Gasteiger partial charge >= 0.3 is 11.9 Å². The van der Waals surface area contributed by atoms with Crippen LogP contribution >= 0.6 is 0 Å². The van der Waals surface area contributed by atoms with E-state index in [0.717, 1.165) is 17.7 Å². The molecule has 0 radical (unpaired) electrons. The van der Waals surface area contributed by atoms with Crippen LogP contribution in [-0.2, 0) is 9.84 Å². The molecule has 0 aliphatic carbocycles. The monoisotopic (exact) mass is 510 g/mol. The van der Waals surface area contributed by atoms with E-state index < -0.39 is 55.8 Å². The number of anilines is 1. The zero-order valence-corrected chi connectivity index (χ0v) is 20.0. The summed E-state index contributed by atoms with van der Waals surface area (Å²) in [6.45, 7) is 3.53. The minimum Gasteiger partial charge on any atom is -0.478 e. The van der Waals surface area contributed by atoms with Gasteiger partial charge in [0.2, 0.25) is 9.84 Å². The van der Waals surface area contributed by atoms with Crippen molar-refractivity contribution in [2.24, 2.45) is 0 Å². The average Bonchev–Trinajstić information content (AvgIpc) is 2.83. The fourth-order valence-corrected chi connectivity index (χ4v) is 4.85. The molecule has 36 heavy (non-hydrogen) atoms. The first-order valence-corrected chi connectivity index (χ1v) is 12.1. The Hall–Kier alpha value is -4.51. The number of carboxylic acids is 2. The van der Waals surface area contributed by atoms with E-state index in [9.17, 15) is 37.8 Å². The molecule has 0 aliphatic heterocycles. The molecule has 0 atom stereocenters. The normalized spacial score (nSPS) is 10.9.